The number of rotatable bonds is 5. The number of hydrogen-bond donors (Lipinski definition) is 0. The van der Waals surface area contributed by atoms with E-state index in [0.717, 1.165) is 22.6 Å². The van der Waals surface area contributed by atoms with E-state index in [4.69, 9.17) is 8.94 Å². The van der Waals surface area contributed by atoms with Crippen LogP contribution in [0.15, 0.2) is 39.3 Å². The van der Waals surface area contributed by atoms with E-state index in [0.29, 0.717) is 18.3 Å². The van der Waals surface area contributed by atoms with Gasteiger partial charge in [0.1, 0.15) is 5.76 Å². The second-order valence-electron chi connectivity index (χ2n) is 5.71. The molecular weight excluding hydrogens is 292 g/mol. The maximum atomic E-state index is 5.83. The Kier molecular flexibility index (Phi) is 4.25. The number of aryl methyl sites for hydroxylation is 2. The number of nitrogens with zero attached hydrogens (tertiary/aromatic N) is 4. The first-order valence-electron chi connectivity index (χ1n) is 7.57. The molecule has 2 aromatic heterocycles. The molecule has 1 aromatic carbocycles. The molecule has 0 N–H and O–H groups in total. The summed E-state index contributed by atoms with van der Waals surface area (Å²) in [6.07, 6.45) is 0. The fourth-order valence-corrected chi connectivity index (χ4v) is 2.40. The van der Waals surface area contributed by atoms with E-state index in [1.165, 1.54) is 0 Å². The van der Waals surface area contributed by atoms with Crippen molar-refractivity contribution in [3.63, 3.8) is 0 Å². The number of benzene rings is 1. The monoisotopic (exact) mass is 312 g/mol. The average Bonchev–Trinajstić information content (AvgIpc) is 3.17. The second kappa shape index (κ2) is 6.34. The molecule has 2 heterocycles. The number of hydrogen-bond acceptors (Lipinski definition) is 6. The molecule has 3 rings (SSSR count). The smallest absolute Gasteiger partial charge is 0.247 e. The zero-order valence-corrected chi connectivity index (χ0v) is 13.8. The summed E-state index contributed by atoms with van der Waals surface area (Å²) in [5, 5.41) is 12.3. The lowest BCUT2D eigenvalue weighted by atomic mass is 10.1. The van der Waals surface area contributed by atoms with E-state index >= 15 is 0 Å². The van der Waals surface area contributed by atoms with Crippen molar-refractivity contribution in [3.05, 3.63) is 53.2 Å². The predicted molar refractivity (Wildman–Crippen MR) is 85.6 cm³/mol. The molecule has 0 saturated carbocycles. The van der Waals surface area contributed by atoms with Gasteiger partial charge >= 0.3 is 0 Å². The molecule has 0 aliphatic heterocycles. The van der Waals surface area contributed by atoms with Gasteiger partial charge in [-0.15, -0.1) is 10.2 Å². The molecule has 23 heavy (non-hydrogen) atoms. The van der Waals surface area contributed by atoms with E-state index in [1.807, 2.05) is 58.2 Å². The summed E-state index contributed by atoms with van der Waals surface area (Å²) in [5.74, 6) is 1.98. The van der Waals surface area contributed by atoms with Gasteiger partial charge in [0.15, 0.2) is 0 Å². The minimum atomic E-state index is -0.00587. The Labute approximate surface area is 135 Å². The highest BCUT2D eigenvalue weighted by Crippen LogP contribution is 2.25. The van der Waals surface area contributed by atoms with Crippen molar-refractivity contribution in [1.82, 2.24) is 20.3 Å². The summed E-state index contributed by atoms with van der Waals surface area (Å²) < 4.78 is 11.0. The maximum absolute atomic E-state index is 5.83. The maximum Gasteiger partial charge on any atom is 0.247 e. The minimum Gasteiger partial charge on any atom is -0.419 e. The predicted octanol–water partition coefficient (Wildman–Crippen LogP) is 3.53. The molecule has 0 unspecified atom stereocenters. The van der Waals surface area contributed by atoms with Crippen molar-refractivity contribution >= 4 is 0 Å². The standard InChI is InChI=1S/C17H20N4O2/c1-11-15(13(3)23-20-11)10-21(4)12(2)16-18-19-17(22-16)14-8-6-5-7-9-14/h5-9,12H,10H2,1-4H3/t12-/m0/s1. The van der Waals surface area contributed by atoms with Crippen LogP contribution in [0.3, 0.4) is 0 Å². The molecule has 0 spiro atoms. The molecule has 0 fully saturated rings. The van der Waals surface area contributed by atoms with Crippen LogP contribution in [0, 0.1) is 13.8 Å². The molecule has 0 radical (unpaired) electrons. The van der Waals surface area contributed by atoms with Crippen molar-refractivity contribution in [2.75, 3.05) is 7.05 Å². The third-order valence-corrected chi connectivity index (χ3v) is 4.07. The Hall–Kier alpha value is -2.47. The van der Waals surface area contributed by atoms with Crippen molar-refractivity contribution in [1.29, 1.82) is 0 Å². The van der Waals surface area contributed by atoms with Gasteiger partial charge in [0.25, 0.3) is 0 Å². The van der Waals surface area contributed by atoms with Crippen molar-refractivity contribution in [2.24, 2.45) is 0 Å². The van der Waals surface area contributed by atoms with Crippen molar-refractivity contribution in [3.8, 4) is 11.5 Å². The quantitative estimate of drug-likeness (QED) is 0.718. The molecule has 6 heteroatoms. The Morgan fingerprint density at radius 1 is 1.13 bits per heavy atom. The van der Waals surface area contributed by atoms with E-state index in [1.54, 1.807) is 0 Å². The van der Waals surface area contributed by atoms with Crippen LogP contribution in [-0.2, 0) is 6.54 Å². The molecule has 0 amide bonds. The van der Waals surface area contributed by atoms with Crippen molar-refractivity contribution in [2.45, 2.75) is 33.4 Å². The molecule has 0 bridgehead atoms. The fourth-order valence-electron chi connectivity index (χ4n) is 2.40. The van der Waals surface area contributed by atoms with Gasteiger partial charge in [-0.05, 0) is 40.0 Å². The Morgan fingerprint density at radius 2 is 1.87 bits per heavy atom. The van der Waals surface area contributed by atoms with Crippen LogP contribution in [0.5, 0.6) is 0 Å². The third kappa shape index (κ3) is 3.17. The molecule has 1 atom stereocenters. The summed E-state index contributed by atoms with van der Waals surface area (Å²) in [7, 11) is 2.02. The molecule has 6 nitrogen and oxygen atoms in total. The van der Waals surface area contributed by atoms with Gasteiger partial charge in [0, 0.05) is 17.7 Å². The highest BCUT2D eigenvalue weighted by molar-refractivity contribution is 5.51. The van der Waals surface area contributed by atoms with Crippen LogP contribution in [0.25, 0.3) is 11.5 Å². The summed E-state index contributed by atoms with van der Waals surface area (Å²) in [6.45, 7) is 6.63. The summed E-state index contributed by atoms with van der Waals surface area (Å²) >= 11 is 0. The Bertz CT molecular complexity index is 760. The van der Waals surface area contributed by atoms with Gasteiger partial charge in [-0.3, -0.25) is 4.90 Å². The molecule has 0 aliphatic carbocycles. The van der Waals surface area contributed by atoms with E-state index < -0.39 is 0 Å². The van der Waals surface area contributed by atoms with Crippen LogP contribution in [0.2, 0.25) is 0 Å². The zero-order valence-electron chi connectivity index (χ0n) is 13.8. The summed E-state index contributed by atoms with van der Waals surface area (Å²) in [6, 6.07) is 9.76. The first-order chi connectivity index (χ1) is 11.1. The van der Waals surface area contributed by atoms with Gasteiger partial charge in [-0.1, -0.05) is 23.4 Å². The molecular formula is C17H20N4O2. The van der Waals surface area contributed by atoms with E-state index in [9.17, 15) is 0 Å². The summed E-state index contributed by atoms with van der Waals surface area (Å²) in [5.41, 5.74) is 2.94. The van der Waals surface area contributed by atoms with E-state index in [2.05, 4.69) is 20.3 Å². The topological polar surface area (TPSA) is 68.2 Å². The fraction of sp³-hybridized carbons (Fsp3) is 0.353. The van der Waals surface area contributed by atoms with Crippen LogP contribution >= 0.6 is 0 Å². The number of aromatic nitrogens is 3. The minimum absolute atomic E-state index is 0.00587. The second-order valence-corrected chi connectivity index (χ2v) is 5.71. The molecule has 0 aliphatic rings. The Morgan fingerprint density at radius 3 is 2.52 bits per heavy atom. The van der Waals surface area contributed by atoms with Crippen LogP contribution < -0.4 is 0 Å². The van der Waals surface area contributed by atoms with Crippen LogP contribution in [-0.4, -0.2) is 27.3 Å². The van der Waals surface area contributed by atoms with Gasteiger partial charge in [-0.25, -0.2) is 0 Å². The highest BCUT2D eigenvalue weighted by atomic mass is 16.5. The van der Waals surface area contributed by atoms with Crippen LogP contribution in [0.1, 0.15) is 35.9 Å². The largest absolute Gasteiger partial charge is 0.419 e. The van der Waals surface area contributed by atoms with Gasteiger partial charge in [-0.2, -0.15) is 0 Å². The highest BCUT2D eigenvalue weighted by Gasteiger charge is 2.21. The lowest BCUT2D eigenvalue weighted by molar-refractivity contribution is 0.216. The average molecular weight is 312 g/mol. The lowest BCUT2D eigenvalue weighted by Gasteiger charge is -2.21. The third-order valence-electron chi connectivity index (χ3n) is 4.07. The zero-order chi connectivity index (χ0) is 16.4. The lowest BCUT2D eigenvalue weighted by Crippen LogP contribution is -2.22. The molecule has 120 valence electrons. The van der Waals surface area contributed by atoms with Gasteiger partial charge in [0.05, 0.1) is 11.7 Å². The van der Waals surface area contributed by atoms with Crippen molar-refractivity contribution < 1.29 is 8.94 Å². The normalized spacial score (nSPS) is 12.7. The molecule has 3 aromatic rings. The van der Waals surface area contributed by atoms with Crippen LogP contribution in [0.4, 0.5) is 0 Å². The first-order valence-corrected chi connectivity index (χ1v) is 7.57. The SMILES string of the molecule is Cc1noc(C)c1CN(C)[C@@H](C)c1nnc(-c2ccccc2)o1. The van der Waals surface area contributed by atoms with Gasteiger partial charge < -0.3 is 8.94 Å². The van der Waals surface area contributed by atoms with E-state index in [-0.39, 0.29) is 6.04 Å². The first kappa shape index (κ1) is 15.4. The molecule has 0 saturated heterocycles. The van der Waals surface area contributed by atoms with Gasteiger partial charge in [0.2, 0.25) is 11.8 Å². The Balaban J connectivity index is 1.75. The summed E-state index contributed by atoms with van der Waals surface area (Å²) in [4.78, 5) is 2.13.